The normalized spacial score (nSPS) is 11.9. The topological polar surface area (TPSA) is 77.3 Å². The highest BCUT2D eigenvalue weighted by atomic mass is 16.5. The SMILES string of the molecule is O=C(Nc1ccc(-c2onc3c2CCc2ccccc2-3)cc1)c1cccnc1Oc1ccccc1. The number of aromatic nitrogens is 2. The van der Waals surface area contributed by atoms with Gasteiger partial charge < -0.3 is 14.6 Å². The molecule has 1 aliphatic rings. The van der Waals surface area contributed by atoms with Crippen LogP contribution < -0.4 is 10.1 Å². The monoisotopic (exact) mass is 459 g/mol. The third-order valence-electron chi connectivity index (χ3n) is 6.08. The van der Waals surface area contributed by atoms with Gasteiger partial charge in [-0.15, -0.1) is 0 Å². The van der Waals surface area contributed by atoms with E-state index in [9.17, 15) is 4.79 Å². The average Bonchev–Trinajstić information content (AvgIpc) is 3.35. The number of hydrogen-bond donors (Lipinski definition) is 1. The summed E-state index contributed by atoms with van der Waals surface area (Å²) < 4.78 is 11.6. The van der Waals surface area contributed by atoms with Gasteiger partial charge in [0.25, 0.3) is 5.91 Å². The van der Waals surface area contributed by atoms with Gasteiger partial charge in [0, 0.05) is 28.6 Å². The van der Waals surface area contributed by atoms with E-state index in [2.05, 4.69) is 33.7 Å². The number of nitrogens with zero attached hydrogens (tertiary/aromatic N) is 2. The second kappa shape index (κ2) is 8.91. The van der Waals surface area contributed by atoms with E-state index in [0.717, 1.165) is 41.0 Å². The van der Waals surface area contributed by atoms with Crippen LogP contribution in [0.4, 0.5) is 5.69 Å². The number of anilines is 1. The summed E-state index contributed by atoms with van der Waals surface area (Å²) in [5.74, 6) is 1.34. The van der Waals surface area contributed by atoms with Gasteiger partial charge in [0.2, 0.25) is 5.88 Å². The zero-order chi connectivity index (χ0) is 23.6. The zero-order valence-electron chi connectivity index (χ0n) is 18.8. The van der Waals surface area contributed by atoms with E-state index in [-0.39, 0.29) is 11.8 Å². The van der Waals surface area contributed by atoms with Gasteiger partial charge in [-0.25, -0.2) is 4.98 Å². The Bertz CT molecular complexity index is 1510. The quantitative estimate of drug-likeness (QED) is 0.323. The standard InChI is InChI=1S/C29H21N3O3/c33-28(25-11-6-18-30-29(25)34-22-8-2-1-3-9-22)31-21-15-12-20(13-16-21)27-24-17-14-19-7-4-5-10-23(19)26(24)32-35-27/h1-13,15-16,18H,14,17H2,(H,31,33). The Kier molecular flexibility index (Phi) is 5.31. The summed E-state index contributed by atoms with van der Waals surface area (Å²) in [7, 11) is 0. The van der Waals surface area contributed by atoms with E-state index in [0.29, 0.717) is 17.0 Å². The molecular weight excluding hydrogens is 438 g/mol. The molecule has 0 aliphatic heterocycles. The first-order chi connectivity index (χ1) is 17.3. The lowest BCUT2D eigenvalue weighted by atomic mass is 9.88. The van der Waals surface area contributed by atoms with Crippen molar-refractivity contribution in [2.75, 3.05) is 5.32 Å². The maximum Gasteiger partial charge on any atom is 0.261 e. The fourth-order valence-electron chi connectivity index (χ4n) is 4.36. The lowest BCUT2D eigenvalue weighted by Gasteiger charge is -2.14. The Balaban J connectivity index is 1.21. The van der Waals surface area contributed by atoms with Crippen LogP contribution in [0, 0.1) is 0 Å². The third kappa shape index (κ3) is 4.06. The Labute approximate surface area is 202 Å². The first kappa shape index (κ1) is 20.9. The molecule has 2 aromatic heterocycles. The number of benzene rings is 3. The number of hydrogen-bond acceptors (Lipinski definition) is 5. The molecule has 1 amide bonds. The average molecular weight is 460 g/mol. The van der Waals surface area contributed by atoms with Crippen molar-refractivity contribution in [3.8, 4) is 34.2 Å². The van der Waals surface area contributed by atoms with Crippen molar-refractivity contribution in [1.29, 1.82) is 0 Å². The summed E-state index contributed by atoms with van der Waals surface area (Å²) in [6.45, 7) is 0. The summed E-state index contributed by atoms with van der Waals surface area (Å²) in [5, 5.41) is 7.29. The molecule has 3 aromatic carbocycles. The number of rotatable bonds is 5. The summed E-state index contributed by atoms with van der Waals surface area (Å²) >= 11 is 0. The maximum absolute atomic E-state index is 13.0. The van der Waals surface area contributed by atoms with Crippen LogP contribution in [-0.2, 0) is 12.8 Å². The molecule has 1 N–H and O–H groups in total. The van der Waals surface area contributed by atoms with Crippen LogP contribution in [0.15, 0.2) is 102 Å². The Morgan fingerprint density at radius 1 is 0.857 bits per heavy atom. The highest BCUT2D eigenvalue weighted by Gasteiger charge is 2.24. The fourth-order valence-corrected chi connectivity index (χ4v) is 4.36. The molecule has 6 nitrogen and oxygen atoms in total. The molecule has 0 saturated heterocycles. The number of carbonyl (C=O) groups excluding carboxylic acids is 1. The molecule has 0 bridgehead atoms. The van der Waals surface area contributed by atoms with Gasteiger partial charge in [-0.3, -0.25) is 4.79 Å². The van der Waals surface area contributed by atoms with Crippen molar-refractivity contribution in [3.05, 3.63) is 114 Å². The number of carbonyl (C=O) groups is 1. The predicted octanol–water partition coefficient (Wildman–Crippen LogP) is 6.55. The third-order valence-corrected chi connectivity index (χ3v) is 6.08. The van der Waals surface area contributed by atoms with Crippen molar-refractivity contribution in [1.82, 2.24) is 10.1 Å². The molecule has 6 heteroatoms. The predicted molar refractivity (Wildman–Crippen MR) is 133 cm³/mol. The highest BCUT2D eigenvalue weighted by Crippen LogP contribution is 2.38. The number of aryl methyl sites for hydroxylation is 1. The van der Waals surface area contributed by atoms with Crippen molar-refractivity contribution in [2.45, 2.75) is 12.8 Å². The first-order valence-electron chi connectivity index (χ1n) is 11.4. The Hall–Kier alpha value is -4.71. The summed E-state index contributed by atoms with van der Waals surface area (Å²) in [5.41, 5.74) is 6.41. The lowest BCUT2D eigenvalue weighted by molar-refractivity contribution is 0.102. The summed E-state index contributed by atoms with van der Waals surface area (Å²) in [6, 6.07) is 28.5. The smallest absolute Gasteiger partial charge is 0.261 e. The van der Waals surface area contributed by atoms with E-state index in [1.54, 1.807) is 18.3 Å². The van der Waals surface area contributed by atoms with E-state index in [1.165, 1.54) is 5.56 Å². The van der Waals surface area contributed by atoms with Gasteiger partial charge in [-0.05, 0) is 66.9 Å². The van der Waals surface area contributed by atoms with Gasteiger partial charge >= 0.3 is 0 Å². The molecule has 5 aromatic rings. The molecular formula is C29H21N3O3. The molecule has 0 atom stereocenters. The Morgan fingerprint density at radius 2 is 1.66 bits per heavy atom. The van der Waals surface area contributed by atoms with E-state index >= 15 is 0 Å². The van der Waals surface area contributed by atoms with Crippen LogP contribution in [0.1, 0.15) is 21.5 Å². The van der Waals surface area contributed by atoms with Crippen molar-refractivity contribution >= 4 is 11.6 Å². The van der Waals surface area contributed by atoms with Crippen LogP contribution in [0.3, 0.4) is 0 Å². The minimum Gasteiger partial charge on any atom is -0.438 e. The Morgan fingerprint density at radius 3 is 2.51 bits per heavy atom. The molecule has 0 fully saturated rings. The van der Waals surface area contributed by atoms with Crippen molar-refractivity contribution in [2.24, 2.45) is 0 Å². The van der Waals surface area contributed by atoms with Crippen molar-refractivity contribution in [3.63, 3.8) is 0 Å². The van der Waals surface area contributed by atoms with Crippen LogP contribution in [0.5, 0.6) is 11.6 Å². The maximum atomic E-state index is 13.0. The fraction of sp³-hybridized carbons (Fsp3) is 0.0690. The molecule has 6 rings (SSSR count). The summed E-state index contributed by atoms with van der Waals surface area (Å²) in [4.78, 5) is 17.2. The van der Waals surface area contributed by atoms with Gasteiger partial charge in [-0.1, -0.05) is 47.6 Å². The van der Waals surface area contributed by atoms with E-state index in [4.69, 9.17) is 9.26 Å². The van der Waals surface area contributed by atoms with Gasteiger partial charge in [-0.2, -0.15) is 0 Å². The largest absolute Gasteiger partial charge is 0.438 e. The van der Waals surface area contributed by atoms with Gasteiger partial charge in [0.1, 0.15) is 17.0 Å². The van der Waals surface area contributed by atoms with Crippen LogP contribution >= 0.6 is 0 Å². The van der Waals surface area contributed by atoms with Crippen LogP contribution in [0.2, 0.25) is 0 Å². The first-order valence-corrected chi connectivity index (χ1v) is 11.4. The number of ether oxygens (including phenoxy) is 1. The number of pyridine rings is 1. The number of para-hydroxylation sites is 1. The second-order valence-corrected chi connectivity index (χ2v) is 8.30. The zero-order valence-corrected chi connectivity index (χ0v) is 18.8. The van der Waals surface area contributed by atoms with E-state index in [1.807, 2.05) is 60.7 Å². The van der Waals surface area contributed by atoms with Gasteiger partial charge in [0.15, 0.2) is 5.76 Å². The number of nitrogens with one attached hydrogen (secondary N) is 1. The van der Waals surface area contributed by atoms with Crippen LogP contribution in [0.25, 0.3) is 22.6 Å². The molecule has 0 saturated carbocycles. The molecule has 170 valence electrons. The van der Waals surface area contributed by atoms with Gasteiger partial charge in [0.05, 0.1) is 0 Å². The molecule has 0 unspecified atom stereocenters. The number of amides is 1. The minimum absolute atomic E-state index is 0.251. The molecule has 1 aliphatic carbocycles. The lowest BCUT2D eigenvalue weighted by Crippen LogP contribution is -2.13. The molecule has 0 radical (unpaired) electrons. The molecule has 2 heterocycles. The highest BCUT2D eigenvalue weighted by molar-refractivity contribution is 6.06. The van der Waals surface area contributed by atoms with Crippen LogP contribution in [-0.4, -0.2) is 16.0 Å². The van der Waals surface area contributed by atoms with Crippen molar-refractivity contribution < 1.29 is 14.1 Å². The van der Waals surface area contributed by atoms with E-state index < -0.39 is 0 Å². The molecule has 35 heavy (non-hydrogen) atoms. The minimum atomic E-state index is -0.301. The summed E-state index contributed by atoms with van der Waals surface area (Å²) in [6.07, 6.45) is 3.44. The number of fused-ring (bicyclic) bond motifs is 3. The second-order valence-electron chi connectivity index (χ2n) is 8.30. The molecule has 0 spiro atoms.